The van der Waals surface area contributed by atoms with Crippen molar-refractivity contribution < 1.29 is 8.42 Å². The first-order valence-corrected chi connectivity index (χ1v) is 7.55. The van der Waals surface area contributed by atoms with Gasteiger partial charge in [0.15, 0.2) is 0 Å². The molecule has 0 spiro atoms. The summed E-state index contributed by atoms with van der Waals surface area (Å²) in [6, 6.07) is 3.69. The van der Waals surface area contributed by atoms with E-state index in [0.29, 0.717) is 12.8 Å². The number of pyridine rings is 1. The molecule has 0 aromatic carbocycles. The van der Waals surface area contributed by atoms with Crippen molar-refractivity contribution >= 4 is 10.0 Å². The van der Waals surface area contributed by atoms with Crippen molar-refractivity contribution in [3.63, 3.8) is 0 Å². The van der Waals surface area contributed by atoms with Gasteiger partial charge < -0.3 is 0 Å². The lowest BCUT2D eigenvalue weighted by Gasteiger charge is -2.14. The van der Waals surface area contributed by atoms with Gasteiger partial charge in [-0.25, -0.2) is 13.6 Å². The van der Waals surface area contributed by atoms with E-state index in [0.717, 1.165) is 24.8 Å². The van der Waals surface area contributed by atoms with Crippen molar-refractivity contribution in [2.24, 2.45) is 5.14 Å². The Balaban J connectivity index is 2.65. The van der Waals surface area contributed by atoms with Crippen LogP contribution in [0.4, 0.5) is 0 Å². The van der Waals surface area contributed by atoms with Crippen LogP contribution in [0.5, 0.6) is 0 Å². The molecule has 0 radical (unpaired) electrons. The van der Waals surface area contributed by atoms with Gasteiger partial charge in [0.05, 0.1) is 5.25 Å². The van der Waals surface area contributed by atoms with Gasteiger partial charge >= 0.3 is 0 Å². The van der Waals surface area contributed by atoms with Crippen LogP contribution in [0.15, 0.2) is 24.5 Å². The van der Waals surface area contributed by atoms with Crippen LogP contribution in [0.1, 0.15) is 38.2 Å². The SMILES string of the molecule is CCCCCC(Cc1cccnc1)S(N)(=O)=O. The maximum Gasteiger partial charge on any atom is 0.212 e. The van der Waals surface area contributed by atoms with Crippen molar-refractivity contribution in [2.75, 3.05) is 0 Å². The number of primary sulfonamides is 1. The van der Waals surface area contributed by atoms with Crippen molar-refractivity contribution in [1.29, 1.82) is 0 Å². The summed E-state index contributed by atoms with van der Waals surface area (Å²) >= 11 is 0. The lowest BCUT2D eigenvalue weighted by atomic mass is 10.1. The molecule has 1 aromatic heterocycles. The lowest BCUT2D eigenvalue weighted by molar-refractivity contribution is 0.557. The molecule has 0 aliphatic heterocycles. The number of hydrogen-bond acceptors (Lipinski definition) is 3. The summed E-state index contributed by atoms with van der Waals surface area (Å²) in [7, 11) is -3.47. The fourth-order valence-corrected chi connectivity index (χ4v) is 2.71. The average Bonchev–Trinajstić information content (AvgIpc) is 2.28. The van der Waals surface area contributed by atoms with E-state index in [9.17, 15) is 8.42 Å². The van der Waals surface area contributed by atoms with Crippen molar-refractivity contribution in [1.82, 2.24) is 4.98 Å². The van der Waals surface area contributed by atoms with Crippen molar-refractivity contribution in [3.8, 4) is 0 Å². The Morgan fingerprint density at radius 1 is 1.41 bits per heavy atom. The zero-order valence-electron chi connectivity index (χ0n) is 10.2. The Labute approximate surface area is 103 Å². The molecule has 0 amide bonds. The number of nitrogens with two attached hydrogens (primary N) is 1. The molecule has 96 valence electrons. The van der Waals surface area contributed by atoms with E-state index in [4.69, 9.17) is 5.14 Å². The van der Waals surface area contributed by atoms with Gasteiger partial charge in [-0.3, -0.25) is 4.98 Å². The molecular formula is C12H20N2O2S. The second-order valence-electron chi connectivity index (χ2n) is 4.27. The fraction of sp³-hybridized carbons (Fsp3) is 0.583. The monoisotopic (exact) mass is 256 g/mol. The van der Waals surface area contributed by atoms with E-state index in [2.05, 4.69) is 11.9 Å². The smallest absolute Gasteiger partial charge is 0.212 e. The molecule has 1 atom stereocenters. The number of nitrogens with zero attached hydrogens (tertiary/aromatic N) is 1. The molecule has 17 heavy (non-hydrogen) atoms. The van der Waals surface area contributed by atoms with Gasteiger partial charge in [-0.05, 0) is 24.5 Å². The number of aromatic nitrogens is 1. The third-order valence-electron chi connectivity index (χ3n) is 2.78. The molecule has 2 N–H and O–H groups in total. The molecule has 0 saturated carbocycles. The highest BCUT2D eigenvalue weighted by Crippen LogP contribution is 2.14. The summed E-state index contributed by atoms with van der Waals surface area (Å²) < 4.78 is 23.0. The molecule has 1 unspecified atom stereocenters. The highest BCUT2D eigenvalue weighted by Gasteiger charge is 2.21. The average molecular weight is 256 g/mol. The Morgan fingerprint density at radius 2 is 2.18 bits per heavy atom. The van der Waals surface area contributed by atoms with Gasteiger partial charge in [-0.2, -0.15) is 0 Å². The van der Waals surface area contributed by atoms with Gasteiger partial charge in [0.2, 0.25) is 10.0 Å². The number of sulfonamides is 1. The zero-order chi connectivity index (χ0) is 12.7. The predicted octanol–water partition coefficient (Wildman–Crippen LogP) is 1.86. The molecule has 1 heterocycles. The molecule has 0 aliphatic rings. The second kappa shape index (κ2) is 6.71. The van der Waals surface area contributed by atoms with E-state index in [1.54, 1.807) is 12.4 Å². The normalized spacial score (nSPS) is 13.5. The summed E-state index contributed by atoms with van der Waals surface area (Å²) in [6.07, 6.45) is 7.46. The number of hydrogen-bond donors (Lipinski definition) is 1. The Bertz CT molecular complexity index is 417. The first-order chi connectivity index (χ1) is 8.04. The summed E-state index contributed by atoms with van der Waals surface area (Å²) in [5.41, 5.74) is 0.919. The largest absolute Gasteiger partial charge is 0.264 e. The van der Waals surface area contributed by atoms with Crippen LogP contribution in [-0.4, -0.2) is 18.7 Å². The fourth-order valence-electron chi connectivity index (χ4n) is 1.79. The molecule has 0 fully saturated rings. The zero-order valence-corrected chi connectivity index (χ0v) is 11.0. The Hall–Kier alpha value is -0.940. The standard InChI is InChI=1S/C12H20N2O2S/c1-2-3-4-7-12(17(13,15)16)9-11-6-5-8-14-10-11/h5-6,8,10,12H,2-4,7,9H2,1H3,(H2,13,15,16). The lowest BCUT2D eigenvalue weighted by Crippen LogP contribution is -2.30. The van der Waals surface area contributed by atoms with E-state index in [1.807, 2.05) is 12.1 Å². The predicted molar refractivity (Wildman–Crippen MR) is 69.0 cm³/mol. The van der Waals surface area contributed by atoms with Gasteiger partial charge in [0.25, 0.3) is 0 Å². The van der Waals surface area contributed by atoms with Gasteiger partial charge in [-0.1, -0.05) is 32.3 Å². The highest BCUT2D eigenvalue weighted by atomic mass is 32.2. The number of rotatable bonds is 7. The van der Waals surface area contributed by atoms with Crippen LogP contribution in [0, 0.1) is 0 Å². The first-order valence-electron chi connectivity index (χ1n) is 5.94. The minimum atomic E-state index is -3.47. The molecule has 1 rings (SSSR count). The Kier molecular flexibility index (Phi) is 5.58. The van der Waals surface area contributed by atoms with Crippen LogP contribution >= 0.6 is 0 Å². The van der Waals surface area contributed by atoms with Crippen molar-refractivity contribution in [2.45, 2.75) is 44.3 Å². The summed E-state index contributed by atoms with van der Waals surface area (Å²) in [4.78, 5) is 3.98. The van der Waals surface area contributed by atoms with Crippen molar-refractivity contribution in [3.05, 3.63) is 30.1 Å². The van der Waals surface area contributed by atoms with Gasteiger partial charge in [0.1, 0.15) is 0 Å². The second-order valence-corrected chi connectivity index (χ2v) is 6.12. The topological polar surface area (TPSA) is 73.0 Å². The van der Waals surface area contributed by atoms with Crippen LogP contribution < -0.4 is 5.14 Å². The molecule has 4 nitrogen and oxygen atoms in total. The molecule has 5 heteroatoms. The molecule has 0 bridgehead atoms. The van der Waals surface area contributed by atoms with Crippen LogP contribution in [0.3, 0.4) is 0 Å². The third-order valence-corrected chi connectivity index (χ3v) is 4.11. The molecule has 1 aromatic rings. The van der Waals surface area contributed by atoms with E-state index >= 15 is 0 Å². The van der Waals surface area contributed by atoms with Crippen LogP contribution in [0.25, 0.3) is 0 Å². The van der Waals surface area contributed by atoms with Crippen LogP contribution in [0.2, 0.25) is 0 Å². The summed E-state index contributed by atoms with van der Waals surface area (Å²) in [5, 5.41) is 4.77. The third kappa shape index (κ3) is 5.28. The van der Waals surface area contributed by atoms with Gasteiger partial charge in [-0.15, -0.1) is 0 Å². The van der Waals surface area contributed by atoms with E-state index in [1.165, 1.54) is 0 Å². The number of unbranched alkanes of at least 4 members (excludes halogenated alkanes) is 2. The minimum Gasteiger partial charge on any atom is -0.264 e. The summed E-state index contributed by atoms with van der Waals surface area (Å²) in [6.45, 7) is 2.09. The maximum atomic E-state index is 11.5. The first kappa shape index (κ1) is 14.1. The van der Waals surface area contributed by atoms with Crippen LogP contribution in [-0.2, 0) is 16.4 Å². The maximum absolute atomic E-state index is 11.5. The van der Waals surface area contributed by atoms with Gasteiger partial charge in [0, 0.05) is 12.4 Å². The molecule has 0 saturated heterocycles. The Morgan fingerprint density at radius 3 is 2.71 bits per heavy atom. The highest BCUT2D eigenvalue weighted by molar-refractivity contribution is 7.89. The van der Waals surface area contributed by atoms with E-state index < -0.39 is 15.3 Å². The minimum absolute atomic E-state index is 0.455. The van der Waals surface area contributed by atoms with E-state index in [-0.39, 0.29) is 0 Å². The molecule has 0 aliphatic carbocycles. The quantitative estimate of drug-likeness (QED) is 0.757. The summed E-state index contributed by atoms with van der Waals surface area (Å²) in [5.74, 6) is 0. The molecular weight excluding hydrogens is 236 g/mol.